The molecular formula is C23H23N5O7. The van der Waals surface area contributed by atoms with Gasteiger partial charge in [0.2, 0.25) is 5.75 Å². The number of aromatic amines is 1. The molecule has 0 saturated carbocycles. The van der Waals surface area contributed by atoms with E-state index in [1.54, 1.807) is 30.3 Å². The molecule has 12 heteroatoms. The summed E-state index contributed by atoms with van der Waals surface area (Å²) in [6, 6.07) is 8.16. The highest BCUT2D eigenvalue weighted by atomic mass is 16.5. The lowest BCUT2D eigenvalue weighted by atomic mass is 10.1. The third-order valence-corrected chi connectivity index (χ3v) is 5.32. The van der Waals surface area contributed by atoms with Gasteiger partial charge >= 0.3 is 5.69 Å². The Hall–Kier alpha value is -4.74. The monoisotopic (exact) mass is 481 g/mol. The molecule has 0 radical (unpaired) electrons. The Kier molecular flexibility index (Phi) is 6.19. The van der Waals surface area contributed by atoms with E-state index < -0.39 is 11.6 Å². The zero-order valence-corrected chi connectivity index (χ0v) is 19.7. The van der Waals surface area contributed by atoms with Crippen LogP contribution in [0.3, 0.4) is 0 Å². The fraction of sp³-hybridized carbons (Fsp3) is 0.217. The largest absolute Gasteiger partial charge is 0.493 e. The van der Waals surface area contributed by atoms with Crippen LogP contribution in [0.15, 0.2) is 35.1 Å². The van der Waals surface area contributed by atoms with Crippen LogP contribution in [-0.4, -0.2) is 61.0 Å². The predicted octanol–water partition coefficient (Wildman–Crippen LogP) is 1.92. The molecule has 0 spiro atoms. The minimum atomic E-state index is -0.841. The van der Waals surface area contributed by atoms with Crippen LogP contribution in [0.5, 0.6) is 28.7 Å². The number of hydrogen-bond donors (Lipinski definition) is 2. The van der Waals surface area contributed by atoms with Crippen molar-refractivity contribution >= 4 is 17.1 Å². The number of nitrogens with zero attached hydrogens (tertiary/aromatic N) is 3. The smallest absolute Gasteiger partial charge is 0.332 e. The van der Waals surface area contributed by atoms with Gasteiger partial charge in [-0.15, -0.1) is 0 Å². The van der Waals surface area contributed by atoms with E-state index in [1.165, 1.54) is 40.1 Å². The van der Waals surface area contributed by atoms with E-state index in [4.69, 9.17) is 29.4 Å². The standard InChI is InChI=1S/C23H23N5O7/c1-31-13-7-6-12(10-14(13)32-2)28-22-18(26-23(28)30)17(20(24)29)25-21(27-22)11-8-15(33-3)19(35-5)16(9-11)34-4/h6-10H,1-5H3,(H2,24,29)(H,26,30). The van der Waals surface area contributed by atoms with E-state index in [2.05, 4.69) is 15.0 Å². The molecule has 0 fully saturated rings. The van der Waals surface area contributed by atoms with E-state index >= 15 is 0 Å². The van der Waals surface area contributed by atoms with Gasteiger partial charge in [-0.05, 0) is 24.3 Å². The molecule has 2 heterocycles. The van der Waals surface area contributed by atoms with Gasteiger partial charge in [0, 0.05) is 11.6 Å². The molecule has 12 nitrogen and oxygen atoms in total. The van der Waals surface area contributed by atoms with Crippen LogP contribution in [0.1, 0.15) is 10.5 Å². The Morgan fingerprint density at radius 2 is 1.49 bits per heavy atom. The van der Waals surface area contributed by atoms with Gasteiger partial charge in [-0.3, -0.25) is 4.79 Å². The number of benzene rings is 2. The zero-order valence-electron chi connectivity index (χ0n) is 19.7. The fourth-order valence-corrected chi connectivity index (χ4v) is 3.71. The Morgan fingerprint density at radius 1 is 0.857 bits per heavy atom. The molecule has 0 atom stereocenters. The van der Waals surface area contributed by atoms with Crippen molar-refractivity contribution in [2.45, 2.75) is 0 Å². The highest BCUT2D eigenvalue weighted by Crippen LogP contribution is 2.41. The number of fused-ring (bicyclic) bond motifs is 1. The molecule has 2 aromatic heterocycles. The maximum Gasteiger partial charge on any atom is 0.332 e. The molecule has 35 heavy (non-hydrogen) atoms. The first-order chi connectivity index (χ1) is 16.9. The average Bonchev–Trinajstić information content (AvgIpc) is 3.21. The van der Waals surface area contributed by atoms with Crippen molar-refractivity contribution in [2.75, 3.05) is 35.5 Å². The number of nitrogens with one attached hydrogen (secondary N) is 1. The first-order valence-corrected chi connectivity index (χ1v) is 10.2. The van der Waals surface area contributed by atoms with Crippen LogP contribution in [-0.2, 0) is 0 Å². The van der Waals surface area contributed by atoms with Crippen LogP contribution in [0.25, 0.3) is 28.2 Å². The Labute approximate surface area is 199 Å². The number of ether oxygens (including phenoxy) is 5. The second-order valence-electron chi connectivity index (χ2n) is 7.18. The van der Waals surface area contributed by atoms with Crippen LogP contribution in [0.4, 0.5) is 0 Å². The lowest BCUT2D eigenvalue weighted by Gasteiger charge is -2.14. The topological polar surface area (TPSA) is 153 Å². The second-order valence-corrected chi connectivity index (χ2v) is 7.18. The Morgan fingerprint density at radius 3 is 2.03 bits per heavy atom. The van der Waals surface area contributed by atoms with Gasteiger partial charge in [-0.1, -0.05) is 0 Å². The number of methoxy groups -OCH3 is 5. The van der Waals surface area contributed by atoms with Gasteiger partial charge in [-0.2, -0.15) is 0 Å². The minimum Gasteiger partial charge on any atom is -0.493 e. The second kappa shape index (κ2) is 9.25. The number of hydrogen-bond acceptors (Lipinski definition) is 9. The summed E-state index contributed by atoms with van der Waals surface area (Å²) in [7, 11) is 7.41. The van der Waals surface area contributed by atoms with Crippen molar-refractivity contribution in [3.8, 4) is 45.8 Å². The fourth-order valence-electron chi connectivity index (χ4n) is 3.71. The predicted molar refractivity (Wildman–Crippen MR) is 126 cm³/mol. The van der Waals surface area contributed by atoms with Gasteiger partial charge in [0.1, 0.15) is 5.52 Å². The quantitative estimate of drug-likeness (QED) is 0.384. The van der Waals surface area contributed by atoms with E-state index in [0.29, 0.717) is 40.0 Å². The van der Waals surface area contributed by atoms with Gasteiger partial charge in [-0.25, -0.2) is 19.3 Å². The van der Waals surface area contributed by atoms with Crippen molar-refractivity contribution < 1.29 is 28.5 Å². The molecule has 0 aliphatic rings. The normalized spacial score (nSPS) is 10.8. The van der Waals surface area contributed by atoms with E-state index in [0.717, 1.165) is 0 Å². The number of rotatable bonds is 8. The summed E-state index contributed by atoms with van der Waals surface area (Å²) in [6.07, 6.45) is 0. The number of nitrogens with two attached hydrogens (primary N) is 1. The maximum atomic E-state index is 13.0. The van der Waals surface area contributed by atoms with Crippen molar-refractivity contribution in [1.29, 1.82) is 0 Å². The molecular weight excluding hydrogens is 458 g/mol. The summed E-state index contributed by atoms with van der Waals surface area (Å²) in [5.74, 6) is 1.24. The zero-order chi connectivity index (χ0) is 25.3. The molecule has 0 saturated heterocycles. The molecule has 0 bridgehead atoms. The number of H-pyrrole nitrogens is 1. The van der Waals surface area contributed by atoms with E-state index in [9.17, 15) is 9.59 Å². The summed E-state index contributed by atoms with van der Waals surface area (Å²) in [5, 5.41) is 0. The molecule has 4 aromatic rings. The van der Waals surface area contributed by atoms with Gasteiger partial charge < -0.3 is 34.4 Å². The molecule has 0 aliphatic carbocycles. The van der Waals surface area contributed by atoms with Crippen molar-refractivity contribution in [1.82, 2.24) is 19.5 Å². The van der Waals surface area contributed by atoms with Crippen LogP contribution in [0.2, 0.25) is 0 Å². The number of carbonyl (C=O) groups is 1. The SMILES string of the molecule is COc1ccc(-n2c(=O)[nH]c3c(C(N)=O)nc(-c4cc(OC)c(OC)c(OC)c4)nc32)cc1OC. The average molecular weight is 481 g/mol. The Bertz CT molecular complexity index is 1470. The first-order valence-electron chi connectivity index (χ1n) is 10.2. The molecule has 182 valence electrons. The van der Waals surface area contributed by atoms with Crippen LogP contribution < -0.4 is 35.1 Å². The summed E-state index contributed by atoms with van der Waals surface area (Å²) in [4.78, 5) is 36.8. The van der Waals surface area contributed by atoms with Crippen molar-refractivity contribution in [3.63, 3.8) is 0 Å². The lowest BCUT2D eigenvalue weighted by molar-refractivity contribution is 0.0997. The van der Waals surface area contributed by atoms with Crippen LogP contribution in [0, 0.1) is 0 Å². The van der Waals surface area contributed by atoms with E-state index in [1.807, 2.05) is 0 Å². The number of amides is 1. The third kappa shape index (κ3) is 3.94. The third-order valence-electron chi connectivity index (χ3n) is 5.32. The van der Waals surface area contributed by atoms with Crippen molar-refractivity contribution in [3.05, 3.63) is 46.5 Å². The van der Waals surface area contributed by atoms with Crippen LogP contribution >= 0.6 is 0 Å². The van der Waals surface area contributed by atoms with Gasteiger partial charge in [0.15, 0.2) is 40.2 Å². The molecule has 2 aromatic carbocycles. The Balaban J connectivity index is 2.03. The highest BCUT2D eigenvalue weighted by Gasteiger charge is 2.23. The molecule has 1 amide bonds. The molecule has 3 N–H and O–H groups in total. The number of imidazole rings is 1. The number of carbonyl (C=O) groups excluding carboxylic acids is 1. The lowest BCUT2D eigenvalue weighted by Crippen LogP contribution is -2.15. The summed E-state index contributed by atoms with van der Waals surface area (Å²) < 4.78 is 28.1. The molecule has 4 rings (SSSR count). The first kappa shape index (κ1) is 23.4. The minimum absolute atomic E-state index is 0.0912. The van der Waals surface area contributed by atoms with Gasteiger partial charge in [0.05, 0.1) is 41.2 Å². The van der Waals surface area contributed by atoms with E-state index in [-0.39, 0.29) is 22.7 Å². The summed E-state index contributed by atoms with van der Waals surface area (Å²) in [6.45, 7) is 0. The number of primary amides is 1. The number of aromatic nitrogens is 4. The summed E-state index contributed by atoms with van der Waals surface area (Å²) >= 11 is 0. The van der Waals surface area contributed by atoms with Gasteiger partial charge in [0.25, 0.3) is 5.91 Å². The highest BCUT2D eigenvalue weighted by molar-refractivity contribution is 6.02. The molecule has 0 aliphatic heterocycles. The molecule has 0 unspecified atom stereocenters. The van der Waals surface area contributed by atoms with Crippen molar-refractivity contribution in [2.24, 2.45) is 5.73 Å². The summed E-state index contributed by atoms with van der Waals surface area (Å²) in [5.41, 5.74) is 5.98. The maximum absolute atomic E-state index is 13.0.